The molecule has 0 spiro atoms. The van der Waals surface area contributed by atoms with Gasteiger partial charge in [-0.15, -0.1) is 0 Å². The molecule has 0 radical (unpaired) electrons. The molecule has 5 nitrogen and oxygen atoms in total. The van der Waals surface area contributed by atoms with E-state index in [1.807, 2.05) is 6.07 Å². The summed E-state index contributed by atoms with van der Waals surface area (Å²) >= 11 is 6.24. The first-order valence-corrected chi connectivity index (χ1v) is 8.24. The number of nitrogens with one attached hydrogen (secondary N) is 1. The Hall–Kier alpha value is -1.01. The number of benzene rings is 1. The number of hydrogen-bond donors (Lipinski definition) is 2. The van der Waals surface area contributed by atoms with Crippen LogP contribution >= 0.6 is 11.6 Å². The van der Waals surface area contributed by atoms with Crippen LogP contribution in [0.3, 0.4) is 0 Å². The van der Waals surface area contributed by atoms with Gasteiger partial charge in [0.25, 0.3) is 0 Å². The highest BCUT2D eigenvalue weighted by Crippen LogP contribution is 2.57. The van der Waals surface area contributed by atoms with Crippen LogP contribution < -0.4 is 14.8 Å². The van der Waals surface area contributed by atoms with Crippen LogP contribution in [-0.4, -0.2) is 44.7 Å². The SMILES string of the molecule is COc1cc(OC)c(C(C)NCC23CC(CO)(CO2)C3)cc1Cl. The molecule has 1 aromatic carbocycles. The molecular formula is C17H24ClNO4. The van der Waals surface area contributed by atoms with Gasteiger partial charge in [0.1, 0.15) is 11.5 Å². The Morgan fingerprint density at radius 2 is 2.00 bits per heavy atom. The van der Waals surface area contributed by atoms with Crippen LogP contribution in [0.1, 0.15) is 31.4 Å². The second kappa shape index (κ2) is 6.13. The van der Waals surface area contributed by atoms with E-state index in [1.54, 1.807) is 20.3 Å². The minimum Gasteiger partial charge on any atom is -0.496 e. The summed E-state index contributed by atoms with van der Waals surface area (Å²) in [5, 5.41) is 13.5. The maximum Gasteiger partial charge on any atom is 0.141 e. The summed E-state index contributed by atoms with van der Waals surface area (Å²) in [6.07, 6.45) is 1.85. The molecule has 0 aromatic heterocycles. The fraction of sp³-hybridized carbons (Fsp3) is 0.647. The average Bonchev–Trinajstić information content (AvgIpc) is 3.08. The molecule has 2 saturated heterocycles. The van der Waals surface area contributed by atoms with Crippen LogP contribution in [0.4, 0.5) is 0 Å². The van der Waals surface area contributed by atoms with Crippen molar-refractivity contribution in [3.05, 3.63) is 22.7 Å². The van der Waals surface area contributed by atoms with E-state index in [0.29, 0.717) is 17.4 Å². The molecule has 1 aromatic rings. The molecule has 2 heterocycles. The lowest BCUT2D eigenvalue weighted by atomic mass is 9.63. The Kier molecular flexibility index (Phi) is 4.49. The fourth-order valence-electron chi connectivity index (χ4n) is 3.83. The van der Waals surface area contributed by atoms with E-state index < -0.39 is 0 Å². The van der Waals surface area contributed by atoms with Gasteiger partial charge in [-0.3, -0.25) is 0 Å². The van der Waals surface area contributed by atoms with Crippen molar-refractivity contribution in [3.8, 4) is 11.5 Å². The third-order valence-corrected chi connectivity index (χ3v) is 5.41. The Bertz CT molecular complexity index is 586. The van der Waals surface area contributed by atoms with Crippen molar-refractivity contribution in [2.24, 2.45) is 5.41 Å². The van der Waals surface area contributed by atoms with E-state index in [0.717, 1.165) is 30.7 Å². The summed E-state index contributed by atoms with van der Waals surface area (Å²) in [5.41, 5.74) is 0.868. The number of hydrogen-bond acceptors (Lipinski definition) is 5. The van der Waals surface area contributed by atoms with Gasteiger partial charge in [0.2, 0.25) is 0 Å². The molecule has 1 aliphatic carbocycles. The maximum absolute atomic E-state index is 9.44. The van der Waals surface area contributed by atoms with Crippen LogP contribution in [0.25, 0.3) is 0 Å². The summed E-state index contributed by atoms with van der Waals surface area (Å²) in [5.74, 6) is 1.35. The molecule has 2 bridgehead atoms. The van der Waals surface area contributed by atoms with Crippen molar-refractivity contribution >= 4 is 11.6 Å². The Balaban J connectivity index is 1.67. The van der Waals surface area contributed by atoms with Gasteiger partial charge in [0.15, 0.2) is 0 Å². The largest absolute Gasteiger partial charge is 0.496 e. The predicted molar refractivity (Wildman–Crippen MR) is 88.4 cm³/mol. The number of fused-ring (bicyclic) bond motifs is 1. The fourth-order valence-corrected chi connectivity index (χ4v) is 4.08. The number of halogens is 1. The monoisotopic (exact) mass is 341 g/mol. The third-order valence-electron chi connectivity index (χ3n) is 5.12. The second-order valence-electron chi connectivity index (χ2n) is 6.81. The molecule has 6 heteroatoms. The van der Waals surface area contributed by atoms with Gasteiger partial charge in [0, 0.05) is 29.6 Å². The van der Waals surface area contributed by atoms with Crippen molar-refractivity contribution < 1.29 is 19.3 Å². The third kappa shape index (κ3) is 2.91. The predicted octanol–water partition coefficient (Wildman–Crippen LogP) is 2.55. The molecule has 2 N–H and O–H groups in total. The zero-order valence-electron chi connectivity index (χ0n) is 13.8. The van der Waals surface area contributed by atoms with E-state index in [-0.39, 0.29) is 23.7 Å². The zero-order valence-corrected chi connectivity index (χ0v) is 14.6. The van der Waals surface area contributed by atoms with Gasteiger partial charge in [-0.1, -0.05) is 11.6 Å². The molecule has 1 saturated carbocycles. The van der Waals surface area contributed by atoms with Crippen molar-refractivity contribution in [1.29, 1.82) is 0 Å². The number of rotatable bonds is 7. The van der Waals surface area contributed by atoms with Crippen LogP contribution in [0.2, 0.25) is 5.02 Å². The van der Waals surface area contributed by atoms with Crippen molar-refractivity contribution in [2.45, 2.75) is 31.4 Å². The van der Waals surface area contributed by atoms with Gasteiger partial charge in [-0.2, -0.15) is 0 Å². The normalized spacial score (nSPS) is 30.0. The van der Waals surface area contributed by atoms with E-state index >= 15 is 0 Å². The van der Waals surface area contributed by atoms with Gasteiger partial charge in [-0.05, 0) is 25.8 Å². The standard InChI is InChI=1S/C17H24ClNO4/c1-11(12-4-13(18)15(22-3)5-14(12)21-2)19-8-17-6-16(7-17,9-20)10-23-17/h4-5,11,19-20H,6-10H2,1-3H3. The molecule has 1 unspecified atom stereocenters. The quantitative estimate of drug-likeness (QED) is 0.798. The second-order valence-corrected chi connectivity index (χ2v) is 7.22. The van der Waals surface area contributed by atoms with Crippen molar-refractivity contribution in [3.63, 3.8) is 0 Å². The van der Waals surface area contributed by atoms with Crippen molar-refractivity contribution in [2.75, 3.05) is 34.0 Å². The molecule has 3 aliphatic rings. The van der Waals surface area contributed by atoms with Gasteiger partial charge in [-0.25, -0.2) is 0 Å². The summed E-state index contributed by atoms with van der Waals surface area (Å²) < 4.78 is 16.6. The number of ether oxygens (including phenoxy) is 3. The first-order valence-electron chi connectivity index (χ1n) is 7.86. The smallest absolute Gasteiger partial charge is 0.141 e. The average molecular weight is 342 g/mol. The first-order chi connectivity index (χ1) is 11.0. The Labute approximate surface area is 141 Å². The molecule has 3 fully saturated rings. The van der Waals surface area contributed by atoms with E-state index in [4.69, 9.17) is 25.8 Å². The number of methoxy groups -OCH3 is 2. The number of aliphatic hydroxyl groups is 1. The zero-order chi connectivity index (χ0) is 16.7. The first kappa shape index (κ1) is 16.8. The summed E-state index contributed by atoms with van der Waals surface area (Å²) in [7, 11) is 3.22. The minimum absolute atomic E-state index is 0.00598. The topological polar surface area (TPSA) is 60.0 Å². The maximum atomic E-state index is 9.44. The van der Waals surface area contributed by atoms with E-state index in [2.05, 4.69) is 12.2 Å². The van der Waals surface area contributed by atoms with Crippen LogP contribution in [0.15, 0.2) is 12.1 Å². The molecule has 1 atom stereocenters. The highest BCUT2D eigenvalue weighted by atomic mass is 35.5. The van der Waals surface area contributed by atoms with E-state index in [1.165, 1.54) is 0 Å². The highest BCUT2D eigenvalue weighted by Gasteiger charge is 2.61. The van der Waals surface area contributed by atoms with Gasteiger partial charge >= 0.3 is 0 Å². The number of aliphatic hydroxyl groups excluding tert-OH is 1. The van der Waals surface area contributed by atoms with Crippen molar-refractivity contribution in [1.82, 2.24) is 5.32 Å². The van der Waals surface area contributed by atoms with Crippen LogP contribution in [-0.2, 0) is 4.74 Å². The lowest BCUT2D eigenvalue weighted by Gasteiger charge is -2.44. The van der Waals surface area contributed by atoms with Crippen LogP contribution in [0.5, 0.6) is 11.5 Å². The lowest BCUT2D eigenvalue weighted by molar-refractivity contribution is -0.0283. The minimum atomic E-state index is -0.125. The van der Waals surface area contributed by atoms with E-state index in [9.17, 15) is 5.11 Å². The molecule has 128 valence electrons. The molecule has 0 amide bonds. The lowest BCUT2D eigenvalue weighted by Crippen LogP contribution is -2.52. The molecule has 23 heavy (non-hydrogen) atoms. The molecule has 2 aliphatic heterocycles. The Morgan fingerprint density at radius 1 is 1.30 bits per heavy atom. The van der Waals surface area contributed by atoms with Gasteiger partial charge < -0.3 is 24.6 Å². The summed E-state index contributed by atoms with van der Waals surface area (Å²) in [6, 6.07) is 3.75. The van der Waals surface area contributed by atoms with Crippen LogP contribution in [0, 0.1) is 5.41 Å². The summed E-state index contributed by atoms with van der Waals surface area (Å²) in [6.45, 7) is 3.70. The Morgan fingerprint density at radius 3 is 2.57 bits per heavy atom. The summed E-state index contributed by atoms with van der Waals surface area (Å²) in [4.78, 5) is 0. The molecule has 4 rings (SSSR count). The highest BCUT2D eigenvalue weighted by molar-refractivity contribution is 6.32. The van der Waals surface area contributed by atoms with Gasteiger partial charge in [0.05, 0.1) is 38.1 Å². The molecular weight excluding hydrogens is 318 g/mol.